The van der Waals surface area contributed by atoms with Gasteiger partial charge in [-0.25, -0.2) is 9.59 Å². The van der Waals surface area contributed by atoms with Crippen LogP contribution in [-0.4, -0.2) is 41.1 Å². The molecule has 0 unspecified atom stereocenters. The van der Waals surface area contributed by atoms with Crippen molar-refractivity contribution in [3.05, 3.63) is 100 Å². The maximum absolute atomic E-state index is 13.0. The van der Waals surface area contributed by atoms with E-state index in [0.717, 1.165) is 5.56 Å². The number of carbonyl (C=O) groups is 4. The number of carboxylic acid groups (broad SMARTS) is 2. The first kappa shape index (κ1) is 25.6. The smallest absolute Gasteiger partial charge is 0.336 e. The highest BCUT2D eigenvalue weighted by molar-refractivity contribution is 6.39. The van der Waals surface area contributed by atoms with Crippen molar-refractivity contribution >= 4 is 66.8 Å². The summed E-state index contributed by atoms with van der Waals surface area (Å²) in [6, 6.07) is 18.5. The van der Waals surface area contributed by atoms with Gasteiger partial charge in [0, 0.05) is 28.3 Å². The molecule has 6 aromatic carbocycles. The molecule has 6 aromatic rings. The molecule has 0 atom stereocenters. The largest absolute Gasteiger partial charge is 0.496 e. The molecule has 0 saturated carbocycles. The van der Waals surface area contributed by atoms with Gasteiger partial charge in [-0.1, -0.05) is 48.5 Å². The monoisotopic (exact) mass is 546 g/mol. The third-order valence-electron chi connectivity index (χ3n) is 7.63. The minimum absolute atomic E-state index is 0.00293. The summed E-state index contributed by atoms with van der Waals surface area (Å²) in [5, 5.41) is 23.5. The molecular weight excluding hydrogens is 524 g/mol. The van der Waals surface area contributed by atoms with E-state index in [4.69, 9.17) is 16.2 Å². The van der Waals surface area contributed by atoms with Crippen molar-refractivity contribution in [2.24, 2.45) is 11.5 Å². The van der Waals surface area contributed by atoms with Gasteiger partial charge >= 0.3 is 11.9 Å². The summed E-state index contributed by atoms with van der Waals surface area (Å²) in [7, 11) is 1.39. The predicted octanol–water partition coefficient (Wildman–Crippen LogP) is 4.93. The van der Waals surface area contributed by atoms with Crippen molar-refractivity contribution in [3.8, 4) is 5.75 Å². The van der Waals surface area contributed by atoms with Crippen molar-refractivity contribution in [2.45, 2.75) is 6.42 Å². The molecule has 6 rings (SSSR count). The lowest BCUT2D eigenvalue weighted by Crippen LogP contribution is -2.19. The maximum atomic E-state index is 13.0. The molecule has 6 N–H and O–H groups in total. The number of carbonyl (C=O) groups excluding carboxylic acids is 2. The van der Waals surface area contributed by atoms with Gasteiger partial charge in [-0.15, -0.1) is 0 Å². The van der Waals surface area contributed by atoms with Gasteiger partial charge in [-0.2, -0.15) is 0 Å². The number of methoxy groups -OCH3 is 1. The zero-order valence-corrected chi connectivity index (χ0v) is 21.6. The molecule has 9 nitrogen and oxygen atoms in total. The number of amides is 2. The van der Waals surface area contributed by atoms with E-state index < -0.39 is 23.8 Å². The Hall–Kier alpha value is -5.70. The number of primary amides is 2. The molecule has 0 bridgehead atoms. The number of hydrogen-bond acceptors (Lipinski definition) is 5. The van der Waals surface area contributed by atoms with Crippen LogP contribution in [0.1, 0.15) is 52.6 Å². The van der Waals surface area contributed by atoms with E-state index in [1.807, 2.05) is 30.3 Å². The summed E-state index contributed by atoms with van der Waals surface area (Å²) in [5.74, 6) is -4.00. The molecule has 0 saturated heterocycles. The first-order valence-electron chi connectivity index (χ1n) is 12.6. The quantitative estimate of drug-likeness (QED) is 0.162. The Labute approximate surface area is 231 Å². The van der Waals surface area contributed by atoms with Crippen LogP contribution in [0.25, 0.3) is 43.1 Å². The average molecular weight is 547 g/mol. The molecular formula is C32H22N2O7. The van der Waals surface area contributed by atoms with E-state index in [1.165, 1.54) is 25.3 Å². The molecule has 41 heavy (non-hydrogen) atoms. The molecule has 0 spiro atoms. The maximum Gasteiger partial charge on any atom is 0.336 e. The number of carboxylic acids is 2. The number of ether oxygens (including phenoxy) is 1. The van der Waals surface area contributed by atoms with Crippen LogP contribution in [0, 0.1) is 0 Å². The lowest BCUT2D eigenvalue weighted by atomic mass is 9.81. The molecule has 0 aliphatic carbocycles. The minimum atomic E-state index is -1.28. The highest BCUT2D eigenvalue weighted by Crippen LogP contribution is 2.48. The fourth-order valence-corrected chi connectivity index (χ4v) is 6.09. The average Bonchev–Trinajstić information content (AvgIpc) is 2.95. The van der Waals surface area contributed by atoms with Crippen LogP contribution in [0.15, 0.2) is 66.7 Å². The van der Waals surface area contributed by atoms with Crippen LogP contribution < -0.4 is 16.2 Å². The lowest BCUT2D eigenvalue weighted by Gasteiger charge is -2.24. The van der Waals surface area contributed by atoms with Gasteiger partial charge in [-0.05, 0) is 56.1 Å². The summed E-state index contributed by atoms with van der Waals surface area (Å²) >= 11 is 0. The summed E-state index contributed by atoms with van der Waals surface area (Å²) in [5.41, 5.74) is 12.9. The zero-order chi connectivity index (χ0) is 29.2. The van der Waals surface area contributed by atoms with Crippen LogP contribution in [0.3, 0.4) is 0 Å². The molecule has 0 aliphatic heterocycles. The van der Waals surface area contributed by atoms with Gasteiger partial charge in [0.15, 0.2) is 0 Å². The second-order valence-corrected chi connectivity index (χ2v) is 9.75. The molecule has 2 amide bonds. The van der Waals surface area contributed by atoms with Crippen LogP contribution >= 0.6 is 0 Å². The molecule has 0 heterocycles. The summed E-state index contributed by atoms with van der Waals surface area (Å²) in [6.07, 6.45) is 0.284. The van der Waals surface area contributed by atoms with Crippen molar-refractivity contribution in [1.82, 2.24) is 0 Å². The Kier molecular flexibility index (Phi) is 5.74. The lowest BCUT2D eigenvalue weighted by molar-refractivity contribution is 0.0695. The van der Waals surface area contributed by atoms with E-state index in [2.05, 4.69) is 0 Å². The van der Waals surface area contributed by atoms with Crippen molar-refractivity contribution in [3.63, 3.8) is 0 Å². The van der Waals surface area contributed by atoms with Crippen LogP contribution in [0.2, 0.25) is 0 Å². The fraction of sp³-hybridized carbons (Fsp3) is 0.0625. The summed E-state index contributed by atoms with van der Waals surface area (Å²) in [6.45, 7) is 0. The first-order chi connectivity index (χ1) is 19.6. The highest BCUT2D eigenvalue weighted by atomic mass is 16.5. The Bertz CT molecular complexity index is 2100. The molecule has 0 fully saturated rings. The Morgan fingerprint density at radius 2 is 1.20 bits per heavy atom. The Morgan fingerprint density at radius 1 is 0.634 bits per heavy atom. The van der Waals surface area contributed by atoms with E-state index in [0.29, 0.717) is 37.9 Å². The second kappa shape index (κ2) is 9.20. The van der Waals surface area contributed by atoms with Crippen molar-refractivity contribution in [1.29, 1.82) is 0 Å². The van der Waals surface area contributed by atoms with Crippen LogP contribution in [0.4, 0.5) is 0 Å². The number of hydrogen-bond donors (Lipinski definition) is 4. The van der Waals surface area contributed by atoms with Gasteiger partial charge in [0.2, 0.25) is 5.91 Å². The molecule has 9 heteroatoms. The Balaban J connectivity index is 2.00. The third-order valence-corrected chi connectivity index (χ3v) is 7.63. The first-order valence-corrected chi connectivity index (χ1v) is 12.6. The zero-order valence-electron chi connectivity index (χ0n) is 21.6. The Morgan fingerprint density at radius 3 is 1.73 bits per heavy atom. The third kappa shape index (κ3) is 3.63. The van der Waals surface area contributed by atoms with E-state index in [1.54, 1.807) is 18.2 Å². The molecule has 0 radical (unpaired) electrons. The number of nitrogens with two attached hydrogens (primary N) is 2. The fourth-order valence-electron chi connectivity index (χ4n) is 6.09. The van der Waals surface area contributed by atoms with Gasteiger partial charge in [-0.3, -0.25) is 9.59 Å². The van der Waals surface area contributed by atoms with Crippen LogP contribution in [-0.2, 0) is 6.42 Å². The number of benzene rings is 6. The van der Waals surface area contributed by atoms with Gasteiger partial charge in [0.05, 0.1) is 23.8 Å². The summed E-state index contributed by atoms with van der Waals surface area (Å²) < 4.78 is 5.83. The summed E-state index contributed by atoms with van der Waals surface area (Å²) in [4.78, 5) is 50.3. The molecule has 0 aromatic heterocycles. The number of rotatable bonds is 7. The number of fused-ring (bicyclic) bond motifs is 2. The second-order valence-electron chi connectivity index (χ2n) is 9.75. The van der Waals surface area contributed by atoms with E-state index >= 15 is 0 Å². The SMILES string of the molecule is COc1c(C(N)=O)c2c(C(N)=O)ccc3c4ccc(C(=O)O)c5c(C(=O)O)ccc(c(c1Cc1ccccc1)c23)c54. The molecule has 202 valence electrons. The normalized spacial score (nSPS) is 11.4. The van der Waals surface area contributed by atoms with Crippen molar-refractivity contribution < 1.29 is 34.1 Å². The topological polar surface area (TPSA) is 170 Å². The highest BCUT2D eigenvalue weighted by Gasteiger charge is 2.30. The standard InChI is InChI=1S/C32H22N2O7/c1-41-28-21(13-14-5-3-2-4-6-14)23-17-9-12-20(32(39)40)24-19(31(37)38)11-8-15(22(17)24)16-7-10-18(29(33)35)26(25(16)23)27(28)30(34)36/h2-12H,13H2,1H3,(H2,33,35)(H2,34,36)(H,37,38)(H,39,40). The van der Waals surface area contributed by atoms with E-state index in [-0.39, 0.29) is 45.2 Å². The van der Waals surface area contributed by atoms with Gasteiger partial charge in [0.25, 0.3) is 5.91 Å². The van der Waals surface area contributed by atoms with Crippen molar-refractivity contribution in [2.75, 3.05) is 7.11 Å². The predicted molar refractivity (Wildman–Crippen MR) is 154 cm³/mol. The molecule has 0 aliphatic rings. The van der Waals surface area contributed by atoms with Gasteiger partial charge < -0.3 is 26.4 Å². The minimum Gasteiger partial charge on any atom is -0.496 e. The van der Waals surface area contributed by atoms with Crippen LogP contribution in [0.5, 0.6) is 5.75 Å². The number of aromatic carboxylic acids is 2. The van der Waals surface area contributed by atoms with Gasteiger partial charge in [0.1, 0.15) is 5.75 Å². The van der Waals surface area contributed by atoms with E-state index in [9.17, 15) is 29.4 Å².